The highest BCUT2D eigenvalue weighted by Crippen LogP contribution is 2.33. The second kappa shape index (κ2) is 17.9. The lowest BCUT2D eigenvalue weighted by molar-refractivity contribution is 0.00985. The molecule has 6 N–H and O–H groups in total. The number of aliphatic hydroxyl groups excluding tert-OH is 1. The fourth-order valence-corrected chi connectivity index (χ4v) is 6.61. The molecule has 0 saturated heterocycles. The van der Waals surface area contributed by atoms with Gasteiger partial charge >= 0.3 is 0 Å². The molecule has 0 bridgehead atoms. The first kappa shape index (κ1) is 33.6. The van der Waals surface area contributed by atoms with E-state index >= 15 is 0 Å². The van der Waals surface area contributed by atoms with Crippen LogP contribution in [-0.4, -0.2) is 28.9 Å². The van der Waals surface area contributed by atoms with Crippen LogP contribution in [0.5, 0.6) is 5.75 Å². The van der Waals surface area contributed by atoms with Crippen molar-refractivity contribution < 1.29 is 14.9 Å². The van der Waals surface area contributed by atoms with Crippen LogP contribution in [0.1, 0.15) is 138 Å². The summed E-state index contributed by atoms with van der Waals surface area (Å²) in [7, 11) is 0. The van der Waals surface area contributed by atoms with Crippen LogP contribution in [0.2, 0.25) is 0 Å². The molecule has 0 aromatic heterocycles. The zero-order valence-corrected chi connectivity index (χ0v) is 26.0. The number of aliphatic hydroxyl groups is 2. The molecule has 0 aliphatic heterocycles. The van der Waals surface area contributed by atoms with Crippen LogP contribution in [0.15, 0.2) is 42.5 Å². The molecule has 5 nitrogen and oxygen atoms in total. The Kier molecular flexibility index (Phi) is 14.7. The van der Waals surface area contributed by atoms with E-state index in [-0.39, 0.29) is 6.10 Å². The molecule has 5 heteroatoms. The fourth-order valence-electron chi connectivity index (χ4n) is 6.61. The second-order valence-electron chi connectivity index (χ2n) is 12.6. The van der Waals surface area contributed by atoms with Crippen molar-refractivity contribution >= 4 is 0 Å². The minimum absolute atomic E-state index is 0.148. The Bertz CT molecular complexity index is 1010. The summed E-state index contributed by atoms with van der Waals surface area (Å²) in [6.07, 6.45) is 15.7. The van der Waals surface area contributed by atoms with Crippen molar-refractivity contribution in [2.45, 2.75) is 134 Å². The largest absolute Gasteiger partial charge is 0.486 e. The van der Waals surface area contributed by atoms with Gasteiger partial charge in [-0.2, -0.15) is 0 Å². The van der Waals surface area contributed by atoms with Crippen molar-refractivity contribution in [1.29, 1.82) is 0 Å². The monoisotopic (exact) mass is 566 g/mol. The van der Waals surface area contributed by atoms with E-state index in [1.807, 2.05) is 6.07 Å². The first-order chi connectivity index (χ1) is 19.9. The van der Waals surface area contributed by atoms with Gasteiger partial charge in [0.1, 0.15) is 11.9 Å². The number of nitrogens with two attached hydrogens (primary N) is 2. The van der Waals surface area contributed by atoms with Crippen molar-refractivity contribution in [2.24, 2.45) is 17.4 Å². The van der Waals surface area contributed by atoms with E-state index in [0.29, 0.717) is 19.5 Å². The molecule has 2 aromatic carbocycles. The molecular formula is C36H58N2O3. The topological polar surface area (TPSA) is 102 Å². The summed E-state index contributed by atoms with van der Waals surface area (Å²) in [4.78, 5) is 0. The van der Waals surface area contributed by atoms with E-state index in [9.17, 15) is 10.2 Å². The number of rotatable bonds is 20. The number of unbranched alkanes of at least 4 members (excludes halogenated alkanes) is 1. The van der Waals surface area contributed by atoms with Gasteiger partial charge in [-0.3, -0.25) is 0 Å². The second-order valence-corrected chi connectivity index (χ2v) is 12.6. The van der Waals surface area contributed by atoms with Crippen molar-refractivity contribution in [3.63, 3.8) is 0 Å². The van der Waals surface area contributed by atoms with Gasteiger partial charge in [0.15, 0.2) is 0 Å². The Morgan fingerprint density at radius 2 is 1.59 bits per heavy atom. The molecule has 3 rings (SSSR count). The summed E-state index contributed by atoms with van der Waals surface area (Å²) in [5, 5.41) is 22.1. The number of aryl methyl sites for hydroxylation is 2. The number of hydrogen-bond acceptors (Lipinski definition) is 5. The van der Waals surface area contributed by atoms with Gasteiger partial charge in [-0.1, -0.05) is 89.1 Å². The maximum Gasteiger partial charge on any atom is 0.125 e. The molecule has 3 atom stereocenters. The lowest BCUT2D eigenvalue weighted by atomic mass is 9.86. The van der Waals surface area contributed by atoms with Gasteiger partial charge in [0.25, 0.3) is 0 Å². The highest BCUT2D eigenvalue weighted by Gasteiger charge is 2.25. The van der Waals surface area contributed by atoms with E-state index in [2.05, 4.69) is 50.2 Å². The molecule has 3 unspecified atom stereocenters. The van der Waals surface area contributed by atoms with Gasteiger partial charge in [0.2, 0.25) is 0 Å². The van der Waals surface area contributed by atoms with Crippen LogP contribution in [0.25, 0.3) is 0 Å². The summed E-state index contributed by atoms with van der Waals surface area (Å²) in [6, 6.07) is 15.0. The van der Waals surface area contributed by atoms with E-state index in [4.69, 9.17) is 16.2 Å². The van der Waals surface area contributed by atoms with Crippen LogP contribution >= 0.6 is 0 Å². The van der Waals surface area contributed by atoms with Gasteiger partial charge in [-0.25, -0.2) is 0 Å². The zero-order valence-electron chi connectivity index (χ0n) is 26.0. The Labute approximate surface area is 250 Å². The van der Waals surface area contributed by atoms with E-state index in [1.165, 1.54) is 37.7 Å². The summed E-state index contributed by atoms with van der Waals surface area (Å²) < 4.78 is 6.65. The number of ether oxygens (including phenoxy) is 1. The number of hydrogen-bond donors (Lipinski definition) is 4. The minimum Gasteiger partial charge on any atom is -0.486 e. The Morgan fingerprint density at radius 1 is 0.854 bits per heavy atom. The lowest BCUT2D eigenvalue weighted by Gasteiger charge is -2.28. The van der Waals surface area contributed by atoms with E-state index in [0.717, 1.165) is 92.6 Å². The highest BCUT2D eigenvalue weighted by molar-refractivity contribution is 5.37. The van der Waals surface area contributed by atoms with Gasteiger partial charge in [-0.05, 0) is 105 Å². The quantitative estimate of drug-likeness (QED) is 0.131. The summed E-state index contributed by atoms with van der Waals surface area (Å²) in [5.74, 6) is 1.64. The third kappa shape index (κ3) is 11.4. The summed E-state index contributed by atoms with van der Waals surface area (Å²) >= 11 is 0. The van der Waals surface area contributed by atoms with Gasteiger partial charge in [0.05, 0.1) is 11.7 Å². The molecule has 41 heavy (non-hydrogen) atoms. The maximum absolute atomic E-state index is 11.2. The maximum atomic E-state index is 11.2. The Balaban J connectivity index is 1.76. The zero-order chi connectivity index (χ0) is 29.5. The fraction of sp³-hybridized carbons (Fsp3) is 0.667. The van der Waals surface area contributed by atoms with Crippen molar-refractivity contribution in [3.8, 4) is 5.75 Å². The third-order valence-electron chi connectivity index (χ3n) is 8.98. The predicted molar refractivity (Wildman–Crippen MR) is 171 cm³/mol. The molecule has 0 amide bonds. The molecule has 1 aliphatic carbocycles. The number of benzene rings is 2. The normalized spacial score (nSPS) is 16.9. The van der Waals surface area contributed by atoms with Crippen molar-refractivity contribution in [3.05, 3.63) is 64.7 Å². The summed E-state index contributed by atoms with van der Waals surface area (Å²) in [5.41, 5.74) is 15.7. The Morgan fingerprint density at radius 3 is 2.29 bits per heavy atom. The SMILES string of the molecule is CCCCC(O)(CCC)CCCc1cc(OC(CCN)c2cccc(CCC3CCCC3)c2)cc(C(O)CCN)c1. The summed E-state index contributed by atoms with van der Waals surface area (Å²) in [6.45, 7) is 5.28. The minimum atomic E-state index is -0.629. The van der Waals surface area contributed by atoms with Crippen LogP contribution < -0.4 is 16.2 Å². The molecule has 1 aliphatic rings. The standard InChI is InChI=1S/C36H58N2O3/c1-3-5-20-36(40,19-4-2)21-9-13-30-25-32(34(39)17-22-37)27-33(26-30)41-35(18-23-38)31-14-8-12-29(24-31)16-15-28-10-6-7-11-28/h8,12,14,24-28,34-35,39-40H,3-7,9-11,13,15-23,37-38H2,1-2H3. The van der Waals surface area contributed by atoms with Crippen LogP contribution in [0, 0.1) is 5.92 Å². The van der Waals surface area contributed by atoms with Crippen molar-refractivity contribution in [2.75, 3.05) is 13.1 Å². The average molecular weight is 567 g/mol. The molecule has 230 valence electrons. The molecule has 1 saturated carbocycles. The average Bonchev–Trinajstić information content (AvgIpc) is 3.49. The molecule has 2 aromatic rings. The van der Waals surface area contributed by atoms with Crippen molar-refractivity contribution in [1.82, 2.24) is 0 Å². The molecule has 0 heterocycles. The first-order valence-electron chi connectivity index (χ1n) is 16.6. The predicted octanol–water partition coefficient (Wildman–Crippen LogP) is 7.70. The van der Waals surface area contributed by atoms with Gasteiger partial charge < -0.3 is 26.4 Å². The first-order valence-corrected chi connectivity index (χ1v) is 16.6. The van der Waals surface area contributed by atoms with Gasteiger partial charge in [0, 0.05) is 6.42 Å². The van der Waals surface area contributed by atoms with E-state index in [1.54, 1.807) is 0 Å². The van der Waals surface area contributed by atoms with E-state index < -0.39 is 11.7 Å². The smallest absolute Gasteiger partial charge is 0.125 e. The Hall–Kier alpha value is -1.92. The molecule has 0 spiro atoms. The van der Waals surface area contributed by atoms with Crippen LogP contribution in [-0.2, 0) is 12.8 Å². The highest BCUT2D eigenvalue weighted by atomic mass is 16.5. The van der Waals surface area contributed by atoms with Gasteiger partial charge in [-0.15, -0.1) is 0 Å². The van der Waals surface area contributed by atoms with Crippen LogP contribution in [0.3, 0.4) is 0 Å². The van der Waals surface area contributed by atoms with Crippen LogP contribution in [0.4, 0.5) is 0 Å². The molecular weight excluding hydrogens is 508 g/mol. The molecule has 0 radical (unpaired) electrons. The third-order valence-corrected chi connectivity index (χ3v) is 8.98. The molecule has 1 fully saturated rings. The lowest BCUT2D eigenvalue weighted by Crippen LogP contribution is -2.28.